The Bertz CT molecular complexity index is 1150. The highest BCUT2D eigenvalue weighted by atomic mass is 32.1. The summed E-state index contributed by atoms with van der Waals surface area (Å²) in [6.45, 7) is 8.54. The molecule has 1 aromatic heterocycles. The topological polar surface area (TPSA) is 51.2 Å². The van der Waals surface area contributed by atoms with E-state index in [4.69, 9.17) is 14.2 Å². The third kappa shape index (κ3) is 6.53. The van der Waals surface area contributed by atoms with E-state index in [2.05, 4.69) is 66.6 Å². The number of hydrogen-bond acceptors (Lipinski definition) is 6. The Kier molecular flexibility index (Phi) is 8.44. The van der Waals surface area contributed by atoms with Crippen molar-refractivity contribution in [2.45, 2.75) is 39.0 Å². The van der Waals surface area contributed by atoms with Crippen molar-refractivity contribution in [1.29, 1.82) is 0 Å². The summed E-state index contributed by atoms with van der Waals surface area (Å²) >= 11 is 1.78. The van der Waals surface area contributed by atoms with Gasteiger partial charge in [-0.15, -0.1) is 11.3 Å². The second-order valence-corrected chi connectivity index (χ2v) is 11.1. The second-order valence-electron chi connectivity index (χ2n) is 10.2. The summed E-state index contributed by atoms with van der Waals surface area (Å²) in [6.07, 6.45) is 0.428. The largest absolute Gasteiger partial charge is 0.486 e. The molecule has 5 rings (SSSR count). The van der Waals surface area contributed by atoms with Crippen molar-refractivity contribution < 1.29 is 19.0 Å². The fourth-order valence-electron chi connectivity index (χ4n) is 5.11. The van der Waals surface area contributed by atoms with Gasteiger partial charge in [0.1, 0.15) is 19.3 Å². The first-order valence-corrected chi connectivity index (χ1v) is 14.0. The van der Waals surface area contributed by atoms with Crippen molar-refractivity contribution in [1.82, 2.24) is 9.80 Å². The molecule has 37 heavy (non-hydrogen) atoms. The maximum Gasteiger partial charge on any atom is 0.253 e. The van der Waals surface area contributed by atoms with Crippen LogP contribution in [-0.2, 0) is 22.5 Å². The summed E-state index contributed by atoms with van der Waals surface area (Å²) < 4.78 is 17.5. The average Bonchev–Trinajstić information content (AvgIpc) is 3.46. The smallest absolute Gasteiger partial charge is 0.253 e. The lowest BCUT2D eigenvalue weighted by Gasteiger charge is -2.39. The Morgan fingerprint density at radius 1 is 1.00 bits per heavy atom. The van der Waals surface area contributed by atoms with Gasteiger partial charge < -0.3 is 19.1 Å². The lowest BCUT2D eigenvalue weighted by Crippen LogP contribution is -2.52. The van der Waals surface area contributed by atoms with Crippen molar-refractivity contribution >= 4 is 17.2 Å². The van der Waals surface area contributed by atoms with Crippen LogP contribution in [0.2, 0.25) is 0 Å². The van der Waals surface area contributed by atoms with E-state index < -0.39 is 6.10 Å². The van der Waals surface area contributed by atoms with Crippen LogP contribution < -0.4 is 9.47 Å². The van der Waals surface area contributed by atoms with Crippen LogP contribution >= 0.6 is 11.3 Å². The number of hydrogen-bond donors (Lipinski definition) is 0. The maximum atomic E-state index is 13.9. The van der Waals surface area contributed by atoms with E-state index in [1.807, 2.05) is 23.1 Å². The van der Waals surface area contributed by atoms with Crippen molar-refractivity contribution in [3.63, 3.8) is 0 Å². The molecule has 3 heterocycles. The average molecular weight is 521 g/mol. The van der Waals surface area contributed by atoms with Gasteiger partial charge in [-0.05, 0) is 47.0 Å². The van der Waals surface area contributed by atoms with Gasteiger partial charge in [0, 0.05) is 37.1 Å². The predicted octanol–water partition coefficient (Wildman–Crippen LogP) is 5.19. The molecule has 6 nitrogen and oxygen atoms in total. The predicted molar refractivity (Wildman–Crippen MR) is 146 cm³/mol. The number of thiophene rings is 1. The number of carbonyl (C=O) groups excluding carboxylic acids is 1. The minimum atomic E-state index is -0.483. The molecule has 0 saturated carbocycles. The zero-order valence-corrected chi connectivity index (χ0v) is 22.5. The zero-order valence-electron chi connectivity index (χ0n) is 21.7. The van der Waals surface area contributed by atoms with Crippen LogP contribution in [0.5, 0.6) is 11.5 Å². The number of amides is 1. The van der Waals surface area contributed by atoms with Gasteiger partial charge in [0.25, 0.3) is 5.91 Å². The molecule has 0 N–H and O–H groups in total. The molecule has 1 saturated heterocycles. The molecule has 2 aliphatic rings. The van der Waals surface area contributed by atoms with Gasteiger partial charge in [-0.25, -0.2) is 0 Å². The molecule has 2 aliphatic heterocycles. The minimum Gasteiger partial charge on any atom is -0.486 e. The summed E-state index contributed by atoms with van der Waals surface area (Å²) in [5, 5.41) is 2.13. The first-order valence-electron chi connectivity index (χ1n) is 13.2. The molecule has 2 atom stereocenters. The molecule has 0 radical (unpaired) electrons. The maximum absolute atomic E-state index is 13.9. The van der Waals surface area contributed by atoms with Crippen LogP contribution in [0.15, 0.2) is 66.0 Å². The van der Waals surface area contributed by atoms with E-state index in [9.17, 15) is 4.79 Å². The molecule has 0 aliphatic carbocycles. The zero-order chi connectivity index (χ0) is 25.6. The minimum absolute atomic E-state index is 0.0536. The molecule has 2 unspecified atom stereocenters. The quantitative estimate of drug-likeness (QED) is 0.389. The van der Waals surface area contributed by atoms with E-state index in [-0.39, 0.29) is 11.9 Å². The van der Waals surface area contributed by atoms with E-state index in [1.54, 1.807) is 11.3 Å². The van der Waals surface area contributed by atoms with Gasteiger partial charge in [-0.3, -0.25) is 9.69 Å². The number of fused-ring (bicyclic) bond motifs is 1. The standard InChI is InChI=1S/C30H36N2O4S/c1-22(2)19-32(20-24-10-11-26-27(18-24)36-15-14-35-26)30(33)28-21-31(12-13-34-28)25(29-9-6-16-37-29)17-23-7-4-3-5-8-23/h3-11,16,18,22,25,28H,12-15,17,19-21H2,1-2H3. The number of ether oxygens (including phenoxy) is 3. The Labute approximate surface area is 223 Å². The number of morpholine rings is 1. The van der Waals surface area contributed by atoms with Crippen LogP contribution in [0.1, 0.15) is 35.9 Å². The first-order chi connectivity index (χ1) is 18.1. The summed E-state index contributed by atoms with van der Waals surface area (Å²) in [5.41, 5.74) is 2.33. The van der Waals surface area contributed by atoms with Crippen LogP contribution in [0.3, 0.4) is 0 Å². The van der Waals surface area contributed by atoms with Gasteiger partial charge in [0.2, 0.25) is 0 Å². The number of nitrogens with zero attached hydrogens (tertiary/aromatic N) is 2. The molecular formula is C30H36N2O4S. The molecule has 1 amide bonds. The highest BCUT2D eigenvalue weighted by Crippen LogP contribution is 2.32. The Morgan fingerprint density at radius 2 is 1.81 bits per heavy atom. The molecule has 3 aromatic rings. The van der Waals surface area contributed by atoms with Gasteiger partial charge >= 0.3 is 0 Å². The van der Waals surface area contributed by atoms with Gasteiger partial charge in [-0.1, -0.05) is 56.3 Å². The van der Waals surface area contributed by atoms with Crippen molar-refractivity contribution in [3.05, 3.63) is 82.0 Å². The fraction of sp³-hybridized carbons (Fsp3) is 0.433. The highest BCUT2D eigenvalue weighted by molar-refractivity contribution is 7.10. The lowest BCUT2D eigenvalue weighted by atomic mass is 10.0. The highest BCUT2D eigenvalue weighted by Gasteiger charge is 2.34. The number of benzene rings is 2. The third-order valence-electron chi connectivity index (χ3n) is 6.83. The summed E-state index contributed by atoms with van der Waals surface area (Å²) in [7, 11) is 0. The van der Waals surface area contributed by atoms with E-state index in [0.717, 1.165) is 30.0 Å². The van der Waals surface area contributed by atoms with Gasteiger partial charge in [0.15, 0.2) is 11.5 Å². The fourth-order valence-corrected chi connectivity index (χ4v) is 5.97. The van der Waals surface area contributed by atoms with E-state index in [1.165, 1.54) is 10.4 Å². The van der Waals surface area contributed by atoms with Crippen molar-refractivity contribution in [2.75, 3.05) is 39.5 Å². The molecule has 7 heteroatoms. The third-order valence-corrected chi connectivity index (χ3v) is 7.81. The normalized spacial score (nSPS) is 18.5. The van der Waals surface area contributed by atoms with Crippen molar-refractivity contribution in [3.8, 4) is 11.5 Å². The molecule has 0 bridgehead atoms. The van der Waals surface area contributed by atoms with Crippen LogP contribution in [0, 0.1) is 5.92 Å². The Hall–Kier alpha value is -2.87. The monoisotopic (exact) mass is 520 g/mol. The van der Waals surface area contributed by atoms with Gasteiger partial charge in [0.05, 0.1) is 6.61 Å². The number of rotatable bonds is 9. The van der Waals surface area contributed by atoms with Gasteiger partial charge in [-0.2, -0.15) is 0 Å². The summed E-state index contributed by atoms with van der Waals surface area (Å²) in [5.74, 6) is 1.91. The molecule has 196 valence electrons. The van der Waals surface area contributed by atoms with E-state index in [0.29, 0.717) is 45.4 Å². The Balaban J connectivity index is 1.32. The molecule has 2 aromatic carbocycles. The Morgan fingerprint density at radius 3 is 2.57 bits per heavy atom. The SMILES string of the molecule is CC(C)CN(Cc1ccc2c(c1)OCCO2)C(=O)C1CN(C(Cc2ccccc2)c2cccs2)CCO1. The van der Waals surface area contributed by atoms with E-state index >= 15 is 0 Å². The van der Waals surface area contributed by atoms with Crippen LogP contribution in [0.25, 0.3) is 0 Å². The summed E-state index contributed by atoms with van der Waals surface area (Å²) in [6, 6.07) is 21.1. The second kappa shape index (κ2) is 12.1. The van der Waals surface area contributed by atoms with Crippen molar-refractivity contribution in [2.24, 2.45) is 5.92 Å². The first kappa shape index (κ1) is 25.8. The number of carbonyl (C=O) groups is 1. The van der Waals surface area contributed by atoms with Crippen LogP contribution in [0.4, 0.5) is 0 Å². The molecule has 1 fully saturated rings. The summed E-state index contributed by atoms with van der Waals surface area (Å²) in [4.78, 5) is 19.6. The molecular weight excluding hydrogens is 484 g/mol. The molecule has 0 spiro atoms. The van der Waals surface area contributed by atoms with Crippen LogP contribution in [-0.4, -0.2) is 61.3 Å². The lowest BCUT2D eigenvalue weighted by molar-refractivity contribution is -0.152.